The van der Waals surface area contributed by atoms with Crippen molar-refractivity contribution in [2.45, 2.75) is 26.9 Å². The van der Waals surface area contributed by atoms with E-state index in [1.54, 1.807) is 0 Å². The lowest BCUT2D eigenvalue weighted by Crippen LogP contribution is -2.29. The Hall–Kier alpha value is -2.93. The quantitative estimate of drug-likeness (QED) is 0.512. The summed E-state index contributed by atoms with van der Waals surface area (Å²) in [6.45, 7) is 7.33. The van der Waals surface area contributed by atoms with Gasteiger partial charge in [0.05, 0.1) is 4.92 Å². The number of rotatable bonds is 10. The molecule has 1 amide bonds. The molecule has 0 saturated heterocycles. The SMILES string of the molecule is CCN(CC)Cc1ccccc1CNC(=O)COc1ccc([N+](=O)[O-])cc1. The van der Waals surface area contributed by atoms with E-state index >= 15 is 0 Å². The fourth-order valence-electron chi connectivity index (χ4n) is 2.63. The third-order valence-corrected chi connectivity index (χ3v) is 4.30. The lowest BCUT2D eigenvalue weighted by atomic mass is 10.1. The number of nitro groups is 1. The van der Waals surface area contributed by atoms with Gasteiger partial charge in [-0.2, -0.15) is 0 Å². The molecule has 1 N–H and O–H groups in total. The third-order valence-electron chi connectivity index (χ3n) is 4.30. The molecule has 0 radical (unpaired) electrons. The summed E-state index contributed by atoms with van der Waals surface area (Å²) in [4.78, 5) is 24.5. The minimum atomic E-state index is -0.480. The van der Waals surface area contributed by atoms with E-state index in [-0.39, 0.29) is 18.2 Å². The minimum absolute atomic E-state index is 0.0170. The number of nitrogens with one attached hydrogen (secondary N) is 1. The maximum absolute atomic E-state index is 12.1. The smallest absolute Gasteiger partial charge is 0.269 e. The Bertz CT molecular complexity index is 758. The number of non-ortho nitro benzene ring substituents is 1. The highest BCUT2D eigenvalue weighted by molar-refractivity contribution is 5.77. The second kappa shape index (κ2) is 10.3. The van der Waals surface area contributed by atoms with Crippen LogP contribution in [0, 0.1) is 10.1 Å². The second-order valence-electron chi connectivity index (χ2n) is 6.05. The average molecular weight is 371 g/mol. The van der Waals surface area contributed by atoms with Crippen LogP contribution < -0.4 is 10.1 Å². The summed E-state index contributed by atoms with van der Waals surface area (Å²) in [7, 11) is 0. The average Bonchev–Trinajstić information content (AvgIpc) is 2.69. The van der Waals surface area contributed by atoms with Crippen molar-refractivity contribution in [3.05, 3.63) is 69.8 Å². The van der Waals surface area contributed by atoms with Crippen LogP contribution in [-0.2, 0) is 17.9 Å². The zero-order valence-electron chi connectivity index (χ0n) is 15.7. The van der Waals surface area contributed by atoms with Crippen LogP contribution in [0.4, 0.5) is 5.69 Å². The molecule has 0 aliphatic rings. The Morgan fingerprint density at radius 2 is 1.70 bits per heavy atom. The van der Waals surface area contributed by atoms with Crippen LogP contribution in [0.5, 0.6) is 5.75 Å². The largest absolute Gasteiger partial charge is 0.484 e. The molecule has 0 atom stereocenters. The van der Waals surface area contributed by atoms with Crippen molar-refractivity contribution in [3.8, 4) is 5.75 Å². The molecule has 0 spiro atoms. The first-order chi connectivity index (χ1) is 13.0. The summed E-state index contributed by atoms with van der Waals surface area (Å²) in [5.74, 6) is 0.170. The Morgan fingerprint density at radius 3 is 2.30 bits per heavy atom. The van der Waals surface area contributed by atoms with Gasteiger partial charge in [0.2, 0.25) is 0 Å². The van der Waals surface area contributed by atoms with Crippen LogP contribution in [0.3, 0.4) is 0 Å². The van der Waals surface area contributed by atoms with E-state index in [2.05, 4.69) is 30.1 Å². The molecule has 2 rings (SSSR count). The number of benzene rings is 2. The summed E-state index contributed by atoms with van der Waals surface area (Å²) in [6.07, 6.45) is 0. The number of nitrogens with zero attached hydrogens (tertiary/aromatic N) is 2. The molecular formula is C20H25N3O4. The van der Waals surface area contributed by atoms with Gasteiger partial charge in [-0.3, -0.25) is 19.8 Å². The third kappa shape index (κ3) is 6.38. The summed E-state index contributed by atoms with van der Waals surface area (Å²) < 4.78 is 5.38. The number of hydrogen-bond donors (Lipinski definition) is 1. The van der Waals surface area contributed by atoms with Crippen LogP contribution in [0.15, 0.2) is 48.5 Å². The highest BCUT2D eigenvalue weighted by Crippen LogP contribution is 2.17. The van der Waals surface area contributed by atoms with Crippen LogP contribution >= 0.6 is 0 Å². The van der Waals surface area contributed by atoms with Gasteiger partial charge >= 0.3 is 0 Å². The van der Waals surface area contributed by atoms with Gasteiger partial charge in [0.1, 0.15) is 5.75 Å². The Morgan fingerprint density at radius 1 is 1.07 bits per heavy atom. The van der Waals surface area contributed by atoms with E-state index in [4.69, 9.17) is 4.74 Å². The molecule has 0 aliphatic heterocycles. The zero-order valence-corrected chi connectivity index (χ0v) is 15.7. The molecular weight excluding hydrogens is 346 g/mol. The Balaban J connectivity index is 1.85. The van der Waals surface area contributed by atoms with Gasteiger partial charge in [-0.15, -0.1) is 0 Å². The molecule has 0 bridgehead atoms. The summed E-state index contributed by atoms with van der Waals surface area (Å²) in [5, 5.41) is 13.5. The fraction of sp³-hybridized carbons (Fsp3) is 0.350. The van der Waals surface area contributed by atoms with Gasteiger partial charge in [-0.05, 0) is 36.3 Å². The van der Waals surface area contributed by atoms with E-state index in [9.17, 15) is 14.9 Å². The van der Waals surface area contributed by atoms with Crippen molar-refractivity contribution in [1.29, 1.82) is 0 Å². The molecule has 27 heavy (non-hydrogen) atoms. The highest BCUT2D eigenvalue weighted by Gasteiger charge is 2.09. The second-order valence-corrected chi connectivity index (χ2v) is 6.05. The van der Waals surface area contributed by atoms with E-state index in [1.165, 1.54) is 29.8 Å². The standard InChI is InChI=1S/C20H25N3O4/c1-3-22(4-2)14-17-8-6-5-7-16(17)13-21-20(24)15-27-19-11-9-18(10-12-19)23(25)26/h5-12H,3-4,13-15H2,1-2H3,(H,21,24). The molecule has 0 aromatic heterocycles. The number of amides is 1. The molecule has 0 fully saturated rings. The molecule has 0 aliphatic carbocycles. The van der Waals surface area contributed by atoms with E-state index in [0.29, 0.717) is 12.3 Å². The van der Waals surface area contributed by atoms with Crippen molar-refractivity contribution in [2.24, 2.45) is 0 Å². The van der Waals surface area contributed by atoms with Gasteiger partial charge < -0.3 is 10.1 Å². The first kappa shape index (κ1) is 20.4. The predicted octanol–water partition coefficient (Wildman–Crippen LogP) is 3.13. The topological polar surface area (TPSA) is 84.7 Å². The summed E-state index contributed by atoms with van der Waals surface area (Å²) >= 11 is 0. The molecule has 144 valence electrons. The number of hydrogen-bond acceptors (Lipinski definition) is 5. The van der Waals surface area contributed by atoms with Gasteiger partial charge in [0, 0.05) is 25.2 Å². The van der Waals surface area contributed by atoms with Gasteiger partial charge in [0.15, 0.2) is 6.61 Å². The van der Waals surface area contributed by atoms with E-state index in [0.717, 1.165) is 25.2 Å². The van der Waals surface area contributed by atoms with Crippen molar-refractivity contribution in [1.82, 2.24) is 10.2 Å². The summed E-state index contributed by atoms with van der Waals surface area (Å²) in [6, 6.07) is 13.7. The van der Waals surface area contributed by atoms with Crippen LogP contribution in [0.2, 0.25) is 0 Å². The molecule has 2 aromatic carbocycles. The molecule has 7 heteroatoms. The van der Waals surface area contributed by atoms with Crippen molar-refractivity contribution < 1.29 is 14.5 Å². The first-order valence-corrected chi connectivity index (χ1v) is 8.96. The van der Waals surface area contributed by atoms with Crippen molar-refractivity contribution in [3.63, 3.8) is 0 Å². The van der Waals surface area contributed by atoms with Crippen LogP contribution in [0.1, 0.15) is 25.0 Å². The Kier molecular flexibility index (Phi) is 7.76. The van der Waals surface area contributed by atoms with Crippen molar-refractivity contribution in [2.75, 3.05) is 19.7 Å². The lowest BCUT2D eigenvalue weighted by molar-refractivity contribution is -0.384. The number of carbonyl (C=O) groups is 1. The molecule has 0 heterocycles. The molecule has 0 unspecified atom stereocenters. The van der Waals surface area contributed by atoms with E-state index < -0.39 is 4.92 Å². The van der Waals surface area contributed by atoms with Gasteiger partial charge in [0.25, 0.3) is 11.6 Å². The van der Waals surface area contributed by atoms with Gasteiger partial charge in [-0.1, -0.05) is 38.1 Å². The summed E-state index contributed by atoms with van der Waals surface area (Å²) in [5.41, 5.74) is 2.25. The zero-order chi connectivity index (χ0) is 19.6. The lowest BCUT2D eigenvalue weighted by Gasteiger charge is -2.20. The van der Waals surface area contributed by atoms with E-state index in [1.807, 2.05) is 18.2 Å². The maximum Gasteiger partial charge on any atom is 0.269 e. The number of nitro benzene ring substituents is 1. The number of ether oxygens (including phenoxy) is 1. The van der Waals surface area contributed by atoms with Crippen LogP contribution in [0.25, 0.3) is 0 Å². The predicted molar refractivity (Wildman–Crippen MR) is 104 cm³/mol. The molecule has 0 saturated carbocycles. The number of carbonyl (C=O) groups excluding carboxylic acids is 1. The Labute approximate surface area is 159 Å². The molecule has 2 aromatic rings. The monoisotopic (exact) mass is 371 g/mol. The fourth-order valence-corrected chi connectivity index (χ4v) is 2.63. The first-order valence-electron chi connectivity index (χ1n) is 8.96. The van der Waals surface area contributed by atoms with Gasteiger partial charge in [-0.25, -0.2) is 0 Å². The molecule has 7 nitrogen and oxygen atoms in total. The highest BCUT2D eigenvalue weighted by atomic mass is 16.6. The maximum atomic E-state index is 12.1. The minimum Gasteiger partial charge on any atom is -0.484 e. The normalized spacial score (nSPS) is 10.6. The van der Waals surface area contributed by atoms with Crippen LogP contribution in [-0.4, -0.2) is 35.4 Å². The van der Waals surface area contributed by atoms with Crippen molar-refractivity contribution >= 4 is 11.6 Å².